The molecule has 2 fully saturated rings. The summed E-state index contributed by atoms with van der Waals surface area (Å²) >= 11 is 0. The monoisotopic (exact) mass is 335 g/mol. The molecule has 2 saturated heterocycles. The van der Waals surface area contributed by atoms with Gasteiger partial charge in [0, 0.05) is 44.8 Å². The van der Waals surface area contributed by atoms with Gasteiger partial charge in [0.15, 0.2) is 0 Å². The number of anilines is 1. The Kier molecular flexibility index (Phi) is 5.79. The van der Waals surface area contributed by atoms with Crippen LogP contribution in [-0.2, 0) is 18.3 Å². The van der Waals surface area contributed by atoms with Crippen molar-refractivity contribution in [3.63, 3.8) is 0 Å². The molecule has 1 N–H and O–H groups in total. The minimum atomic E-state index is 0.442. The van der Waals surface area contributed by atoms with Crippen LogP contribution in [0.1, 0.15) is 43.9 Å². The van der Waals surface area contributed by atoms with Gasteiger partial charge in [-0.1, -0.05) is 13.8 Å². The molecule has 136 valence electrons. The van der Waals surface area contributed by atoms with Gasteiger partial charge in [-0.15, -0.1) is 0 Å². The average Bonchev–Trinajstić information content (AvgIpc) is 2.90. The molecule has 0 bridgehead atoms. The summed E-state index contributed by atoms with van der Waals surface area (Å²) in [6, 6.07) is 0.585. The van der Waals surface area contributed by atoms with E-state index in [1.807, 2.05) is 0 Å². The van der Waals surface area contributed by atoms with Gasteiger partial charge in [0.1, 0.15) is 5.82 Å². The second kappa shape index (κ2) is 7.85. The third-order valence-electron chi connectivity index (χ3n) is 5.19. The summed E-state index contributed by atoms with van der Waals surface area (Å²) in [5, 5.41) is 8.65. The smallest absolute Gasteiger partial charge is 0.131 e. The number of likely N-dealkylation sites (N-methyl/N-ethyl adjacent to an activating group) is 1. The molecule has 0 aromatic carbocycles. The maximum atomic E-state index is 5.53. The summed E-state index contributed by atoms with van der Waals surface area (Å²) in [6.45, 7) is 11.3. The molecule has 2 aliphatic rings. The number of likely N-dealkylation sites (tertiary alicyclic amines) is 1. The Labute approximate surface area is 146 Å². The van der Waals surface area contributed by atoms with E-state index < -0.39 is 0 Å². The van der Waals surface area contributed by atoms with Crippen LogP contribution in [0, 0.1) is 0 Å². The zero-order valence-corrected chi connectivity index (χ0v) is 15.7. The van der Waals surface area contributed by atoms with Crippen LogP contribution in [-0.4, -0.2) is 67.2 Å². The van der Waals surface area contributed by atoms with Gasteiger partial charge in [-0.2, -0.15) is 5.10 Å². The lowest BCUT2D eigenvalue weighted by Crippen LogP contribution is -2.44. The predicted molar refractivity (Wildman–Crippen MR) is 97.7 cm³/mol. The van der Waals surface area contributed by atoms with Gasteiger partial charge in [0.2, 0.25) is 0 Å². The maximum Gasteiger partial charge on any atom is 0.131 e. The number of ether oxygens (including phenoxy) is 1. The highest BCUT2D eigenvalue weighted by atomic mass is 16.5. The van der Waals surface area contributed by atoms with Crippen LogP contribution < -0.4 is 10.2 Å². The Morgan fingerprint density at radius 2 is 1.96 bits per heavy atom. The lowest BCUT2D eigenvalue weighted by Gasteiger charge is -2.32. The molecule has 0 spiro atoms. The fourth-order valence-corrected chi connectivity index (χ4v) is 3.96. The van der Waals surface area contributed by atoms with Crippen molar-refractivity contribution in [2.45, 2.75) is 45.2 Å². The summed E-state index contributed by atoms with van der Waals surface area (Å²) in [7, 11) is 4.30. The van der Waals surface area contributed by atoms with E-state index in [-0.39, 0.29) is 0 Å². The molecule has 1 aromatic heterocycles. The van der Waals surface area contributed by atoms with Crippen molar-refractivity contribution in [3.05, 3.63) is 11.3 Å². The summed E-state index contributed by atoms with van der Waals surface area (Å²) in [4.78, 5) is 4.86. The van der Waals surface area contributed by atoms with E-state index in [0.717, 1.165) is 39.4 Å². The Balaban J connectivity index is 1.78. The molecule has 3 rings (SSSR count). The number of morpholine rings is 1. The Morgan fingerprint density at radius 3 is 2.62 bits per heavy atom. The van der Waals surface area contributed by atoms with E-state index in [1.54, 1.807) is 0 Å². The molecule has 1 atom stereocenters. The van der Waals surface area contributed by atoms with E-state index in [1.165, 1.54) is 36.5 Å². The van der Waals surface area contributed by atoms with Crippen molar-refractivity contribution in [2.75, 3.05) is 51.3 Å². The molecule has 6 nitrogen and oxygen atoms in total. The van der Waals surface area contributed by atoms with Crippen molar-refractivity contribution in [2.24, 2.45) is 7.05 Å². The van der Waals surface area contributed by atoms with Gasteiger partial charge in [-0.05, 0) is 32.4 Å². The summed E-state index contributed by atoms with van der Waals surface area (Å²) in [5.41, 5.74) is 2.61. The number of hydrogen-bond acceptors (Lipinski definition) is 5. The highest BCUT2D eigenvalue weighted by Gasteiger charge is 2.25. The van der Waals surface area contributed by atoms with Crippen LogP contribution in [0.15, 0.2) is 0 Å². The number of rotatable bonds is 5. The number of aromatic nitrogens is 2. The zero-order valence-electron chi connectivity index (χ0n) is 15.7. The van der Waals surface area contributed by atoms with E-state index in [0.29, 0.717) is 12.0 Å². The molecule has 0 amide bonds. The number of aryl methyl sites for hydroxylation is 1. The highest BCUT2D eigenvalue weighted by Crippen LogP contribution is 2.29. The van der Waals surface area contributed by atoms with Crippen molar-refractivity contribution >= 4 is 5.82 Å². The second-order valence-corrected chi connectivity index (χ2v) is 7.55. The Hall–Kier alpha value is -1.11. The normalized spacial score (nSPS) is 23.2. The fraction of sp³-hybridized carbons (Fsp3) is 0.833. The van der Waals surface area contributed by atoms with Gasteiger partial charge in [0.05, 0.1) is 18.9 Å². The van der Waals surface area contributed by atoms with Crippen molar-refractivity contribution in [1.82, 2.24) is 20.0 Å². The molecule has 0 radical (unpaired) electrons. The molecular formula is C18H33N5O. The van der Waals surface area contributed by atoms with Gasteiger partial charge in [-0.3, -0.25) is 4.68 Å². The second-order valence-electron chi connectivity index (χ2n) is 7.55. The standard InChI is InChI=1S/C18H33N5O/c1-14(2)17-16(12-19-15-6-5-7-21(3)13-15)18(22(4)20-17)23-8-10-24-11-9-23/h14-15,19H,5-13H2,1-4H3/t15-/m0/s1. The van der Waals surface area contributed by atoms with Crippen LogP contribution >= 0.6 is 0 Å². The van der Waals surface area contributed by atoms with E-state index in [2.05, 4.69) is 47.7 Å². The topological polar surface area (TPSA) is 45.6 Å². The summed E-state index contributed by atoms with van der Waals surface area (Å²) in [6.07, 6.45) is 2.56. The Morgan fingerprint density at radius 1 is 1.21 bits per heavy atom. The fourth-order valence-electron chi connectivity index (χ4n) is 3.96. The molecule has 2 aliphatic heterocycles. The number of nitrogens with zero attached hydrogens (tertiary/aromatic N) is 4. The quantitative estimate of drug-likeness (QED) is 0.885. The average molecular weight is 335 g/mol. The third-order valence-corrected chi connectivity index (χ3v) is 5.19. The molecule has 24 heavy (non-hydrogen) atoms. The molecule has 0 unspecified atom stereocenters. The molecular weight excluding hydrogens is 302 g/mol. The molecule has 0 aliphatic carbocycles. The van der Waals surface area contributed by atoms with Crippen LogP contribution in [0.5, 0.6) is 0 Å². The number of piperidine rings is 1. The largest absolute Gasteiger partial charge is 0.378 e. The molecule has 0 saturated carbocycles. The van der Waals surface area contributed by atoms with E-state index in [9.17, 15) is 0 Å². The maximum absolute atomic E-state index is 5.53. The number of nitrogens with one attached hydrogen (secondary N) is 1. The van der Waals surface area contributed by atoms with Crippen LogP contribution in [0.4, 0.5) is 5.82 Å². The first-order valence-corrected chi connectivity index (χ1v) is 9.36. The van der Waals surface area contributed by atoms with Crippen molar-refractivity contribution < 1.29 is 4.74 Å². The SMILES string of the molecule is CC(C)c1nn(C)c(N2CCOCC2)c1CN[C@H]1CCCN(C)C1. The summed E-state index contributed by atoms with van der Waals surface area (Å²) < 4.78 is 7.60. The van der Waals surface area contributed by atoms with Crippen LogP contribution in [0.25, 0.3) is 0 Å². The zero-order chi connectivity index (χ0) is 17.1. The molecule has 1 aromatic rings. The predicted octanol–water partition coefficient (Wildman–Crippen LogP) is 1.56. The first-order chi connectivity index (χ1) is 11.6. The van der Waals surface area contributed by atoms with Gasteiger partial charge in [-0.25, -0.2) is 0 Å². The summed E-state index contributed by atoms with van der Waals surface area (Å²) in [5.74, 6) is 1.72. The number of hydrogen-bond donors (Lipinski definition) is 1. The minimum Gasteiger partial charge on any atom is -0.378 e. The molecule has 6 heteroatoms. The van der Waals surface area contributed by atoms with E-state index in [4.69, 9.17) is 9.84 Å². The molecule has 3 heterocycles. The van der Waals surface area contributed by atoms with Crippen LogP contribution in [0.2, 0.25) is 0 Å². The van der Waals surface area contributed by atoms with Crippen LogP contribution in [0.3, 0.4) is 0 Å². The lowest BCUT2D eigenvalue weighted by atomic mass is 10.0. The van der Waals surface area contributed by atoms with Gasteiger partial charge in [0.25, 0.3) is 0 Å². The van der Waals surface area contributed by atoms with Crippen molar-refractivity contribution in [3.8, 4) is 0 Å². The van der Waals surface area contributed by atoms with E-state index >= 15 is 0 Å². The van der Waals surface area contributed by atoms with Gasteiger partial charge < -0.3 is 19.9 Å². The van der Waals surface area contributed by atoms with Crippen molar-refractivity contribution in [1.29, 1.82) is 0 Å². The lowest BCUT2D eigenvalue weighted by molar-refractivity contribution is 0.122. The third kappa shape index (κ3) is 3.92. The Bertz CT molecular complexity index is 536. The first kappa shape index (κ1) is 17.7. The minimum absolute atomic E-state index is 0.442. The first-order valence-electron chi connectivity index (χ1n) is 9.36. The highest BCUT2D eigenvalue weighted by molar-refractivity contribution is 5.51. The van der Waals surface area contributed by atoms with Gasteiger partial charge >= 0.3 is 0 Å².